The van der Waals surface area contributed by atoms with Gasteiger partial charge in [0, 0.05) is 12.6 Å². The van der Waals surface area contributed by atoms with Crippen molar-refractivity contribution in [2.75, 3.05) is 18.0 Å². The Labute approximate surface area is 116 Å². The minimum atomic E-state index is -0.379. The third-order valence-electron chi connectivity index (χ3n) is 3.82. The van der Waals surface area contributed by atoms with E-state index >= 15 is 0 Å². The van der Waals surface area contributed by atoms with E-state index < -0.39 is 0 Å². The molecule has 0 radical (unpaired) electrons. The number of anilines is 1. The highest BCUT2D eigenvalue weighted by atomic mass is 32.1. The molecule has 0 aliphatic heterocycles. The van der Waals surface area contributed by atoms with Crippen LogP contribution >= 0.6 is 11.3 Å². The van der Waals surface area contributed by atoms with Gasteiger partial charge in [-0.3, -0.25) is 10.1 Å². The zero-order valence-corrected chi connectivity index (χ0v) is 11.9. The molecule has 2 rings (SSSR count). The summed E-state index contributed by atoms with van der Waals surface area (Å²) >= 11 is 1.15. The summed E-state index contributed by atoms with van der Waals surface area (Å²) in [6.07, 6.45) is 6.02. The Bertz CT molecular complexity index is 437. The molecule has 106 valence electrons. The highest BCUT2D eigenvalue weighted by Gasteiger charge is 2.30. The first-order chi connectivity index (χ1) is 9.17. The quantitative estimate of drug-likeness (QED) is 0.663. The van der Waals surface area contributed by atoms with E-state index in [4.69, 9.17) is 5.73 Å². The molecule has 1 aromatic rings. The molecule has 2 N–H and O–H groups in total. The zero-order valence-electron chi connectivity index (χ0n) is 11.1. The Morgan fingerprint density at radius 1 is 1.58 bits per heavy atom. The number of thiazole rings is 1. The predicted molar refractivity (Wildman–Crippen MR) is 76.6 cm³/mol. The number of rotatable bonds is 5. The average molecular weight is 284 g/mol. The van der Waals surface area contributed by atoms with E-state index in [2.05, 4.69) is 16.8 Å². The molecule has 1 saturated carbocycles. The number of hydrogen-bond acceptors (Lipinski definition) is 6. The summed E-state index contributed by atoms with van der Waals surface area (Å²) in [5, 5.41) is 11.6. The van der Waals surface area contributed by atoms with Crippen molar-refractivity contribution in [3.63, 3.8) is 0 Å². The first-order valence-electron chi connectivity index (χ1n) is 6.74. The summed E-state index contributed by atoms with van der Waals surface area (Å²) in [5.41, 5.74) is 5.87. The van der Waals surface area contributed by atoms with E-state index in [1.54, 1.807) is 0 Å². The van der Waals surface area contributed by atoms with Crippen LogP contribution in [0.1, 0.15) is 32.6 Å². The van der Waals surface area contributed by atoms with E-state index in [0.29, 0.717) is 18.5 Å². The van der Waals surface area contributed by atoms with Gasteiger partial charge in [0.05, 0.1) is 4.92 Å². The third-order valence-corrected chi connectivity index (χ3v) is 4.81. The molecule has 1 heterocycles. The minimum Gasteiger partial charge on any atom is -0.345 e. The highest BCUT2D eigenvalue weighted by molar-refractivity contribution is 7.18. The second-order valence-corrected chi connectivity index (χ2v) is 5.86. The second-order valence-electron chi connectivity index (χ2n) is 4.87. The van der Waals surface area contributed by atoms with Crippen molar-refractivity contribution in [2.45, 2.75) is 38.6 Å². The van der Waals surface area contributed by atoms with E-state index in [1.165, 1.54) is 19.0 Å². The molecular weight excluding hydrogens is 264 g/mol. The zero-order chi connectivity index (χ0) is 13.8. The van der Waals surface area contributed by atoms with Gasteiger partial charge in [-0.05, 0) is 43.6 Å². The smallest absolute Gasteiger partial charge is 0.345 e. The first-order valence-corrected chi connectivity index (χ1v) is 7.56. The predicted octanol–water partition coefficient (Wildman–Crippen LogP) is 2.40. The molecular formula is C12H20N4O2S. The molecule has 1 aliphatic rings. The van der Waals surface area contributed by atoms with Crippen molar-refractivity contribution in [2.24, 2.45) is 11.7 Å². The lowest BCUT2D eigenvalue weighted by atomic mass is 9.83. The van der Waals surface area contributed by atoms with Gasteiger partial charge in [-0.15, -0.1) is 0 Å². The van der Waals surface area contributed by atoms with E-state index in [0.717, 1.165) is 35.9 Å². The van der Waals surface area contributed by atoms with Gasteiger partial charge < -0.3 is 10.6 Å². The van der Waals surface area contributed by atoms with E-state index in [9.17, 15) is 10.1 Å². The Kier molecular flexibility index (Phi) is 4.71. The maximum Gasteiger partial charge on any atom is 0.345 e. The largest absolute Gasteiger partial charge is 0.345 e. The van der Waals surface area contributed by atoms with Crippen LogP contribution in [0.2, 0.25) is 0 Å². The summed E-state index contributed by atoms with van der Waals surface area (Å²) < 4.78 is 0. The Morgan fingerprint density at radius 2 is 2.32 bits per heavy atom. The lowest BCUT2D eigenvalue weighted by molar-refractivity contribution is -0.380. The van der Waals surface area contributed by atoms with Crippen molar-refractivity contribution >= 4 is 21.5 Å². The van der Waals surface area contributed by atoms with Crippen molar-refractivity contribution in [1.29, 1.82) is 0 Å². The van der Waals surface area contributed by atoms with Gasteiger partial charge in [0.2, 0.25) is 0 Å². The molecule has 0 aromatic carbocycles. The number of nitrogens with two attached hydrogens (primary N) is 1. The molecule has 2 unspecified atom stereocenters. The van der Waals surface area contributed by atoms with Gasteiger partial charge in [-0.2, -0.15) is 0 Å². The third kappa shape index (κ3) is 3.03. The molecule has 1 fully saturated rings. The number of nitrogens with zero attached hydrogens (tertiary/aromatic N) is 3. The van der Waals surface area contributed by atoms with Crippen LogP contribution in [0.15, 0.2) is 6.20 Å². The standard InChI is InChI=1S/C12H20N4O2S/c1-2-15(10-6-4-3-5-9(10)7-13)12-14-8-11(19-12)16(17)18/h8-10H,2-7,13H2,1H3. The van der Waals surface area contributed by atoms with Crippen LogP contribution in [-0.2, 0) is 0 Å². The van der Waals surface area contributed by atoms with Gasteiger partial charge in [-0.25, -0.2) is 4.98 Å². The normalized spacial score (nSPS) is 23.3. The SMILES string of the molecule is CCN(c1ncc([N+](=O)[O-])s1)C1CCCCC1CN. The molecule has 19 heavy (non-hydrogen) atoms. The highest BCUT2D eigenvalue weighted by Crippen LogP contribution is 2.35. The van der Waals surface area contributed by atoms with Crippen LogP contribution in [-0.4, -0.2) is 29.0 Å². The molecule has 1 aliphatic carbocycles. The lowest BCUT2D eigenvalue weighted by Crippen LogP contribution is -2.45. The summed E-state index contributed by atoms with van der Waals surface area (Å²) in [6.45, 7) is 3.55. The van der Waals surface area contributed by atoms with Crippen LogP contribution in [0, 0.1) is 16.0 Å². The van der Waals surface area contributed by atoms with Crippen molar-refractivity contribution < 1.29 is 4.92 Å². The maximum atomic E-state index is 10.8. The Morgan fingerprint density at radius 3 is 2.89 bits per heavy atom. The Hall–Kier alpha value is -1.21. The van der Waals surface area contributed by atoms with Gasteiger partial charge in [-0.1, -0.05) is 12.8 Å². The van der Waals surface area contributed by atoms with Gasteiger partial charge in [0.1, 0.15) is 6.20 Å². The van der Waals surface area contributed by atoms with Crippen LogP contribution in [0.5, 0.6) is 0 Å². The lowest BCUT2D eigenvalue weighted by Gasteiger charge is -2.39. The second kappa shape index (κ2) is 6.29. The van der Waals surface area contributed by atoms with Gasteiger partial charge in [0.15, 0.2) is 5.13 Å². The van der Waals surface area contributed by atoms with Gasteiger partial charge >= 0.3 is 5.00 Å². The van der Waals surface area contributed by atoms with Gasteiger partial charge in [0.25, 0.3) is 0 Å². The summed E-state index contributed by atoms with van der Waals surface area (Å²) in [5.74, 6) is 0.469. The Balaban J connectivity index is 2.19. The van der Waals surface area contributed by atoms with Crippen LogP contribution < -0.4 is 10.6 Å². The molecule has 0 saturated heterocycles. The molecule has 7 heteroatoms. The molecule has 0 spiro atoms. The van der Waals surface area contributed by atoms with Crippen molar-refractivity contribution in [1.82, 2.24) is 4.98 Å². The number of hydrogen-bond donors (Lipinski definition) is 1. The summed E-state index contributed by atoms with van der Waals surface area (Å²) in [7, 11) is 0. The monoisotopic (exact) mass is 284 g/mol. The maximum absolute atomic E-state index is 10.8. The molecule has 2 atom stereocenters. The first kappa shape index (κ1) is 14.2. The molecule has 0 bridgehead atoms. The molecule has 0 amide bonds. The van der Waals surface area contributed by atoms with Crippen LogP contribution in [0.25, 0.3) is 0 Å². The topological polar surface area (TPSA) is 85.3 Å². The summed E-state index contributed by atoms with van der Waals surface area (Å²) in [6, 6.07) is 0.370. The number of nitro groups is 1. The van der Waals surface area contributed by atoms with Crippen LogP contribution in [0.3, 0.4) is 0 Å². The number of aromatic nitrogens is 1. The minimum absolute atomic E-state index is 0.105. The van der Waals surface area contributed by atoms with E-state index in [-0.39, 0.29) is 9.92 Å². The molecule has 6 nitrogen and oxygen atoms in total. The van der Waals surface area contributed by atoms with Crippen molar-refractivity contribution in [3.8, 4) is 0 Å². The van der Waals surface area contributed by atoms with Crippen LogP contribution in [0.4, 0.5) is 10.1 Å². The fourth-order valence-corrected chi connectivity index (χ4v) is 3.71. The van der Waals surface area contributed by atoms with E-state index in [1.807, 2.05) is 0 Å². The van der Waals surface area contributed by atoms with Crippen molar-refractivity contribution in [3.05, 3.63) is 16.3 Å². The average Bonchev–Trinajstić information content (AvgIpc) is 2.90. The summed E-state index contributed by atoms with van der Waals surface area (Å²) in [4.78, 5) is 16.8. The fourth-order valence-electron chi connectivity index (χ4n) is 2.86. The fraction of sp³-hybridized carbons (Fsp3) is 0.750. The molecule has 1 aromatic heterocycles.